The van der Waals surface area contributed by atoms with Gasteiger partial charge in [0.05, 0.1) is 25.4 Å². The minimum Gasteiger partial charge on any atom is -0.394 e. The first-order chi connectivity index (χ1) is 34.8. The molecular formula is C62H119NO8. The molecule has 7 atom stereocenters. The van der Waals surface area contributed by atoms with Crippen molar-refractivity contribution in [1.29, 1.82) is 0 Å². The van der Waals surface area contributed by atoms with Crippen molar-refractivity contribution in [3.63, 3.8) is 0 Å². The van der Waals surface area contributed by atoms with Gasteiger partial charge in [-0.25, -0.2) is 0 Å². The van der Waals surface area contributed by atoms with Crippen molar-refractivity contribution in [2.24, 2.45) is 0 Å². The number of aliphatic hydroxyl groups is 5. The molecule has 0 aromatic heterocycles. The zero-order chi connectivity index (χ0) is 51.5. The molecule has 1 heterocycles. The molecule has 1 rings (SSSR count). The Labute approximate surface area is 439 Å². The highest BCUT2D eigenvalue weighted by molar-refractivity contribution is 5.76. The number of allylic oxidation sites excluding steroid dienone is 4. The number of amides is 1. The van der Waals surface area contributed by atoms with Gasteiger partial charge in [-0.15, -0.1) is 0 Å². The Morgan fingerprint density at radius 1 is 0.479 bits per heavy atom. The topological polar surface area (TPSA) is 149 Å². The van der Waals surface area contributed by atoms with Crippen LogP contribution < -0.4 is 5.32 Å². The molecule has 1 amide bonds. The largest absolute Gasteiger partial charge is 0.394 e. The molecule has 0 radical (unpaired) electrons. The molecule has 0 bridgehead atoms. The molecule has 71 heavy (non-hydrogen) atoms. The summed E-state index contributed by atoms with van der Waals surface area (Å²) in [7, 11) is 0. The zero-order valence-corrected chi connectivity index (χ0v) is 46.8. The second-order valence-electron chi connectivity index (χ2n) is 21.9. The third-order valence-corrected chi connectivity index (χ3v) is 15.1. The number of ether oxygens (including phenoxy) is 2. The van der Waals surface area contributed by atoms with Crippen molar-refractivity contribution >= 4 is 5.91 Å². The third kappa shape index (κ3) is 41.6. The van der Waals surface area contributed by atoms with Crippen LogP contribution in [0.25, 0.3) is 0 Å². The van der Waals surface area contributed by atoms with E-state index in [4.69, 9.17) is 9.47 Å². The maximum absolute atomic E-state index is 13.1. The first kappa shape index (κ1) is 67.7. The quantitative estimate of drug-likeness (QED) is 0.0261. The average molecular weight is 1010 g/mol. The highest BCUT2D eigenvalue weighted by atomic mass is 16.7. The lowest BCUT2D eigenvalue weighted by Gasteiger charge is -2.40. The summed E-state index contributed by atoms with van der Waals surface area (Å²) < 4.78 is 11.3. The lowest BCUT2D eigenvalue weighted by atomic mass is 9.99. The van der Waals surface area contributed by atoms with Gasteiger partial charge in [0.15, 0.2) is 6.29 Å². The minimum absolute atomic E-state index is 0.141. The van der Waals surface area contributed by atoms with Gasteiger partial charge in [-0.3, -0.25) is 4.79 Å². The van der Waals surface area contributed by atoms with E-state index in [2.05, 4.69) is 43.5 Å². The van der Waals surface area contributed by atoms with Crippen LogP contribution in [0, 0.1) is 0 Å². The van der Waals surface area contributed by atoms with E-state index in [0.29, 0.717) is 12.8 Å². The van der Waals surface area contributed by atoms with E-state index in [1.165, 1.54) is 218 Å². The predicted molar refractivity (Wildman–Crippen MR) is 300 cm³/mol. The van der Waals surface area contributed by atoms with E-state index in [9.17, 15) is 30.3 Å². The number of hydrogen-bond donors (Lipinski definition) is 6. The Kier molecular flexibility index (Phi) is 49.7. The van der Waals surface area contributed by atoms with E-state index >= 15 is 0 Å². The monoisotopic (exact) mass is 1010 g/mol. The SMILES string of the molecule is CCCCCC/C=C\C/C=C\CCCCCCCC(=O)NC(COC1OC(CO)C(O)C(O)C1O)C(O)CCCCCCCCCCCCCCCCCCCCCCCCCCCCCCCCCC. The number of nitrogens with one attached hydrogen (secondary N) is 1. The van der Waals surface area contributed by atoms with Crippen LogP contribution in [-0.4, -0.2) is 87.5 Å². The van der Waals surface area contributed by atoms with Crippen LogP contribution in [0.3, 0.4) is 0 Å². The summed E-state index contributed by atoms with van der Waals surface area (Å²) in [6, 6.07) is -0.726. The second kappa shape index (κ2) is 52.1. The van der Waals surface area contributed by atoms with Gasteiger partial charge < -0.3 is 40.3 Å². The highest BCUT2D eigenvalue weighted by Gasteiger charge is 2.44. The standard InChI is InChI=1S/C62H119NO8/c1-3-5-7-9-11-13-15-17-19-21-22-23-24-25-26-27-28-29-30-31-32-33-34-35-36-37-39-41-43-45-47-49-51-56(65)55(54-70-62-61(69)60(68)59(67)57(53-64)71-62)63-58(66)52-50-48-46-44-42-40-38-20-18-16-14-12-10-8-6-4-2/h14,16,20,38,55-57,59-62,64-65,67-69H,3-13,15,17-19,21-37,39-54H2,1-2H3,(H,63,66)/b16-14-,38-20-. The van der Waals surface area contributed by atoms with Gasteiger partial charge in [-0.2, -0.15) is 0 Å². The zero-order valence-electron chi connectivity index (χ0n) is 46.8. The molecule has 1 aliphatic heterocycles. The van der Waals surface area contributed by atoms with Crippen molar-refractivity contribution in [1.82, 2.24) is 5.32 Å². The van der Waals surface area contributed by atoms with Crippen molar-refractivity contribution in [2.45, 2.75) is 352 Å². The van der Waals surface area contributed by atoms with E-state index in [1.54, 1.807) is 0 Å². The summed E-state index contributed by atoms with van der Waals surface area (Å²) >= 11 is 0. The fourth-order valence-electron chi connectivity index (χ4n) is 10.1. The molecule has 9 nitrogen and oxygen atoms in total. The maximum Gasteiger partial charge on any atom is 0.220 e. The Balaban J connectivity index is 2.11. The van der Waals surface area contributed by atoms with Crippen LogP contribution in [0.4, 0.5) is 0 Å². The summed E-state index contributed by atoms with van der Waals surface area (Å²) in [5, 5.41) is 54.7. The first-order valence-corrected chi connectivity index (χ1v) is 31.0. The fourth-order valence-corrected chi connectivity index (χ4v) is 10.1. The molecule has 7 unspecified atom stereocenters. The Morgan fingerprint density at radius 2 is 0.831 bits per heavy atom. The molecule has 1 fully saturated rings. The van der Waals surface area contributed by atoms with Crippen molar-refractivity contribution in [3.05, 3.63) is 24.3 Å². The number of hydrogen-bond acceptors (Lipinski definition) is 8. The van der Waals surface area contributed by atoms with Crippen LogP contribution in [0.5, 0.6) is 0 Å². The van der Waals surface area contributed by atoms with E-state index < -0.39 is 49.5 Å². The first-order valence-electron chi connectivity index (χ1n) is 31.0. The van der Waals surface area contributed by atoms with Gasteiger partial charge >= 0.3 is 0 Å². The highest BCUT2D eigenvalue weighted by Crippen LogP contribution is 2.23. The summed E-state index contributed by atoms with van der Waals surface area (Å²) in [5.41, 5.74) is 0. The van der Waals surface area contributed by atoms with Crippen molar-refractivity contribution in [2.75, 3.05) is 13.2 Å². The van der Waals surface area contributed by atoms with Gasteiger partial charge in [0, 0.05) is 6.42 Å². The molecule has 0 aromatic carbocycles. The van der Waals surface area contributed by atoms with Crippen LogP contribution in [0.1, 0.15) is 309 Å². The molecule has 0 spiro atoms. The Morgan fingerprint density at radius 3 is 1.23 bits per heavy atom. The van der Waals surface area contributed by atoms with E-state index in [1.807, 2.05) is 0 Å². The smallest absolute Gasteiger partial charge is 0.220 e. The second-order valence-corrected chi connectivity index (χ2v) is 21.9. The van der Waals surface area contributed by atoms with Gasteiger partial charge in [-0.1, -0.05) is 282 Å². The number of aliphatic hydroxyl groups excluding tert-OH is 5. The maximum atomic E-state index is 13.1. The molecule has 0 aliphatic carbocycles. The number of rotatable bonds is 54. The Hall–Kier alpha value is -1.33. The molecular weight excluding hydrogens is 887 g/mol. The number of unbranched alkanes of at least 4 members (excludes halogenated alkanes) is 40. The molecule has 0 aromatic rings. The van der Waals surface area contributed by atoms with Crippen LogP contribution in [0.2, 0.25) is 0 Å². The van der Waals surface area contributed by atoms with Crippen LogP contribution in [-0.2, 0) is 14.3 Å². The summed E-state index contributed by atoms with van der Waals surface area (Å²) in [6.45, 7) is 3.85. The predicted octanol–water partition coefficient (Wildman–Crippen LogP) is 15.7. The lowest BCUT2D eigenvalue weighted by molar-refractivity contribution is -0.302. The summed E-state index contributed by atoms with van der Waals surface area (Å²) in [5.74, 6) is -0.154. The lowest BCUT2D eigenvalue weighted by Crippen LogP contribution is -2.60. The van der Waals surface area contributed by atoms with Gasteiger partial charge in [0.1, 0.15) is 24.4 Å². The van der Waals surface area contributed by atoms with Crippen LogP contribution in [0.15, 0.2) is 24.3 Å². The van der Waals surface area contributed by atoms with Gasteiger partial charge in [0.25, 0.3) is 0 Å². The van der Waals surface area contributed by atoms with Crippen molar-refractivity contribution in [3.8, 4) is 0 Å². The van der Waals surface area contributed by atoms with Gasteiger partial charge in [0.2, 0.25) is 5.91 Å². The number of carbonyl (C=O) groups is 1. The number of carbonyl (C=O) groups excluding carboxylic acids is 1. The minimum atomic E-state index is -1.56. The molecule has 6 N–H and O–H groups in total. The molecule has 1 aliphatic rings. The van der Waals surface area contributed by atoms with Gasteiger partial charge in [-0.05, 0) is 44.9 Å². The summed E-state index contributed by atoms with van der Waals surface area (Å²) in [6.07, 6.45) is 59.5. The van der Waals surface area contributed by atoms with Crippen molar-refractivity contribution < 1.29 is 39.8 Å². The molecule has 0 saturated carbocycles. The van der Waals surface area contributed by atoms with E-state index in [0.717, 1.165) is 64.2 Å². The van der Waals surface area contributed by atoms with E-state index in [-0.39, 0.29) is 12.5 Å². The summed E-state index contributed by atoms with van der Waals surface area (Å²) in [4.78, 5) is 13.1. The normalized spacial score (nSPS) is 19.3. The fraction of sp³-hybridized carbons (Fsp3) is 0.919. The average Bonchev–Trinajstić information content (AvgIpc) is 3.37. The Bertz CT molecular complexity index is 1170. The molecule has 1 saturated heterocycles. The third-order valence-electron chi connectivity index (χ3n) is 15.1. The van der Waals surface area contributed by atoms with Crippen LogP contribution >= 0.6 is 0 Å². The molecule has 420 valence electrons. The molecule has 9 heteroatoms.